The van der Waals surface area contributed by atoms with E-state index in [0.717, 1.165) is 28.5 Å². The second-order valence-corrected chi connectivity index (χ2v) is 4.71. The monoisotopic (exact) mass is 253 g/mol. The van der Waals surface area contributed by atoms with Crippen LogP contribution in [0.2, 0.25) is 0 Å². The molecule has 5 heteroatoms. The van der Waals surface area contributed by atoms with E-state index in [1.54, 1.807) is 0 Å². The SMILES string of the molecule is Cc1cc(C)n2c(Cc3cccc(N)c3)nnc2n1. The first-order valence-corrected chi connectivity index (χ1v) is 6.16. The van der Waals surface area contributed by atoms with E-state index in [-0.39, 0.29) is 0 Å². The zero-order chi connectivity index (χ0) is 13.4. The number of aryl methyl sites for hydroxylation is 2. The second-order valence-electron chi connectivity index (χ2n) is 4.71. The first kappa shape index (κ1) is 11.6. The number of hydrogen-bond donors (Lipinski definition) is 1. The molecule has 3 rings (SSSR count). The van der Waals surface area contributed by atoms with Gasteiger partial charge >= 0.3 is 0 Å². The fraction of sp³-hybridized carbons (Fsp3) is 0.214. The predicted octanol–water partition coefficient (Wildman–Crippen LogP) is 1.91. The van der Waals surface area contributed by atoms with E-state index in [9.17, 15) is 0 Å². The van der Waals surface area contributed by atoms with Gasteiger partial charge in [0, 0.05) is 23.5 Å². The summed E-state index contributed by atoms with van der Waals surface area (Å²) in [6.45, 7) is 3.99. The van der Waals surface area contributed by atoms with E-state index in [2.05, 4.69) is 15.2 Å². The third-order valence-electron chi connectivity index (χ3n) is 3.07. The number of rotatable bonds is 2. The van der Waals surface area contributed by atoms with Gasteiger partial charge in [0.15, 0.2) is 0 Å². The van der Waals surface area contributed by atoms with Crippen molar-refractivity contribution < 1.29 is 0 Å². The summed E-state index contributed by atoms with van der Waals surface area (Å²) < 4.78 is 1.98. The van der Waals surface area contributed by atoms with Gasteiger partial charge < -0.3 is 5.73 Å². The molecule has 0 radical (unpaired) electrons. The Kier molecular flexibility index (Phi) is 2.67. The molecule has 96 valence electrons. The maximum absolute atomic E-state index is 5.79. The van der Waals surface area contributed by atoms with E-state index in [1.165, 1.54) is 0 Å². The third-order valence-corrected chi connectivity index (χ3v) is 3.07. The van der Waals surface area contributed by atoms with Crippen LogP contribution in [0.25, 0.3) is 5.78 Å². The van der Waals surface area contributed by atoms with E-state index in [4.69, 9.17) is 5.73 Å². The van der Waals surface area contributed by atoms with Crippen LogP contribution in [-0.4, -0.2) is 19.6 Å². The number of nitrogens with zero attached hydrogens (tertiary/aromatic N) is 4. The first-order chi connectivity index (χ1) is 9.13. The maximum atomic E-state index is 5.79. The molecule has 2 N–H and O–H groups in total. The van der Waals surface area contributed by atoms with Gasteiger partial charge in [-0.15, -0.1) is 10.2 Å². The molecule has 1 aromatic carbocycles. The quantitative estimate of drug-likeness (QED) is 0.708. The molecule has 0 saturated carbocycles. The minimum Gasteiger partial charge on any atom is -0.399 e. The summed E-state index contributed by atoms with van der Waals surface area (Å²) in [4.78, 5) is 4.38. The summed E-state index contributed by atoms with van der Waals surface area (Å²) >= 11 is 0. The van der Waals surface area contributed by atoms with Gasteiger partial charge in [0.05, 0.1) is 0 Å². The highest BCUT2D eigenvalue weighted by Crippen LogP contribution is 2.14. The number of nitrogen functional groups attached to an aromatic ring is 1. The van der Waals surface area contributed by atoms with Gasteiger partial charge in [-0.05, 0) is 37.6 Å². The predicted molar refractivity (Wildman–Crippen MR) is 73.9 cm³/mol. The number of fused-ring (bicyclic) bond motifs is 1. The first-order valence-electron chi connectivity index (χ1n) is 6.16. The lowest BCUT2D eigenvalue weighted by atomic mass is 10.1. The molecule has 2 aromatic heterocycles. The van der Waals surface area contributed by atoms with E-state index < -0.39 is 0 Å². The molecule has 0 unspecified atom stereocenters. The lowest BCUT2D eigenvalue weighted by Gasteiger charge is -2.05. The van der Waals surface area contributed by atoms with Gasteiger partial charge in [-0.1, -0.05) is 12.1 Å². The summed E-state index contributed by atoms with van der Waals surface area (Å²) in [5, 5.41) is 8.36. The molecule has 19 heavy (non-hydrogen) atoms. The Morgan fingerprint density at radius 2 is 2.00 bits per heavy atom. The van der Waals surface area contributed by atoms with Gasteiger partial charge in [-0.25, -0.2) is 4.98 Å². The Morgan fingerprint density at radius 1 is 1.16 bits per heavy atom. The second kappa shape index (κ2) is 4.35. The van der Waals surface area contributed by atoms with Gasteiger partial charge in [0.25, 0.3) is 5.78 Å². The fourth-order valence-corrected chi connectivity index (χ4v) is 2.30. The average molecular weight is 253 g/mol. The van der Waals surface area contributed by atoms with Crippen LogP contribution in [0.15, 0.2) is 30.3 Å². The summed E-state index contributed by atoms with van der Waals surface area (Å²) in [5.41, 5.74) is 9.72. The molecule has 0 aliphatic heterocycles. The van der Waals surface area contributed by atoms with Gasteiger partial charge in [-0.2, -0.15) is 0 Å². The van der Waals surface area contributed by atoms with Gasteiger partial charge in [0.1, 0.15) is 5.82 Å². The number of anilines is 1. The van der Waals surface area contributed by atoms with Crippen LogP contribution in [0.4, 0.5) is 5.69 Å². The highest BCUT2D eigenvalue weighted by atomic mass is 15.3. The number of nitrogens with two attached hydrogens (primary N) is 1. The Bertz CT molecular complexity index is 745. The van der Waals surface area contributed by atoms with E-state index in [1.807, 2.05) is 48.6 Å². The Balaban J connectivity index is 2.06. The maximum Gasteiger partial charge on any atom is 0.255 e. The summed E-state index contributed by atoms with van der Waals surface area (Å²) in [7, 11) is 0. The van der Waals surface area contributed by atoms with Crippen LogP contribution >= 0.6 is 0 Å². The number of aromatic nitrogens is 4. The Morgan fingerprint density at radius 3 is 2.79 bits per heavy atom. The molecule has 0 amide bonds. The van der Waals surface area contributed by atoms with Crippen molar-refractivity contribution in [1.82, 2.24) is 19.6 Å². The lowest BCUT2D eigenvalue weighted by molar-refractivity contribution is 0.906. The molecule has 0 bridgehead atoms. The average Bonchev–Trinajstić information content (AvgIpc) is 2.72. The van der Waals surface area contributed by atoms with Crippen LogP contribution in [0, 0.1) is 13.8 Å². The van der Waals surface area contributed by atoms with Crippen molar-refractivity contribution in [2.24, 2.45) is 0 Å². The summed E-state index contributed by atoms with van der Waals surface area (Å²) in [5.74, 6) is 1.53. The minimum absolute atomic E-state index is 0.649. The van der Waals surface area contributed by atoms with Gasteiger partial charge in [-0.3, -0.25) is 4.40 Å². The van der Waals surface area contributed by atoms with Crippen molar-refractivity contribution >= 4 is 11.5 Å². The third kappa shape index (κ3) is 2.14. The van der Waals surface area contributed by atoms with Gasteiger partial charge in [0.2, 0.25) is 0 Å². The molecule has 2 heterocycles. The smallest absolute Gasteiger partial charge is 0.255 e. The zero-order valence-electron chi connectivity index (χ0n) is 11.0. The van der Waals surface area contributed by atoms with Crippen molar-refractivity contribution in [2.45, 2.75) is 20.3 Å². The molecule has 0 fully saturated rings. The minimum atomic E-state index is 0.649. The molecule has 0 aliphatic rings. The van der Waals surface area contributed by atoms with Crippen molar-refractivity contribution in [3.8, 4) is 0 Å². The topological polar surface area (TPSA) is 69.1 Å². The summed E-state index contributed by atoms with van der Waals surface area (Å²) in [6, 6.07) is 9.84. The Hall–Kier alpha value is -2.43. The van der Waals surface area contributed by atoms with E-state index >= 15 is 0 Å². The molecular formula is C14H15N5. The van der Waals surface area contributed by atoms with Crippen molar-refractivity contribution in [3.05, 3.63) is 53.1 Å². The van der Waals surface area contributed by atoms with Crippen molar-refractivity contribution in [3.63, 3.8) is 0 Å². The molecular weight excluding hydrogens is 238 g/mol. The molecule has 3 aromatic rings. The molecule has 0 saturated heterocycles. The van der Waals surface area contributed by atoms with E-state index in [0.29, 0.717) is 12.2 Å². The zero-order valence-corrected chi connectivity index (χ0v) is 11.0. The standard InChI is InChI=1S/C14H15N5/c1-9-6-10(2)19-13(17-18-14(19)16-9)8-11-4-3-5-12(15)7-11/h3-7H,8,15H2,1-2H3. The molecule has 5 nitrogen and oxygen atoms in total. The van der Waals surface area contributed by atoms with Crippen LogP contribution in [0.3, 0.4) is 0 Å². The van der Waals surface area contributed by atoms with Crippen molar-refractivity contribution in [1.29, 1.82) is 0 Å². The molecule has 0 atom stereocenters. The highest BCUT2D eigenvalue weighted by Gasteiger charge is 2.10. The largest absolute Gasteiger partial charge is 0.399 e. The summed E-state index contributed by atoms with van der Waals surface area (Å²) in [6.07, 6.45) is 0.692. The number of hydrogen-bond acceptors (Lipinski definition) is 4. The normalized spacial score (nSPS) is 11.1. The van der Waals surface area contributed by atoms with Crippen molar-refractivity contribution in [2.75, 3.05) is 5.73 Å². The molecule has 0 spiro atoms. The van der Waals surface area contributed by atoms with Crippen LogP contribution < -0.4 is 5.73 Å². The van der Waals surface area contributed by atoms with Crippen LogP contribution in [0.5, 0.6) is 0 Å². The van der Waals surface area contributed by atoms with Crippen LogP contribution in [-0.2, 0) is 6.42 Å². The fourth-order valence-electron chi connectivity index (χ4n) is 2.30. The lowest BCUT2D eigenvalue weighted by Crippen LogP contribution is -2.02. The van der Waals surface area contributed by atoms with Crippen LogP contribution in [0.1, 0.15) is 22.8 Å². The molecule has 0 aliphatic carbocycles. The Labute approximate surface area is 111 Å². The number of benzene rings is 1. The highest BCUT2D eigenvalue weighted by molar-refractivity contribution is 5.42.